The second kappa shape index (κ2) is 6.70. The number of nitrogens with zero attached hydrogens (tertiary/aromatic N) is 1. The van der Waals surface area contributed by atoms with Crippen molar-refractivity contribution >= 4 is 5.69 Å². The Balaban J connectivity index is 2.16. The van der Waals surface area contributed by atoms with Crippen LogP contribution in [0.15, 0.2) is 24.3 Å². The van der Waals surface area contributed by atoms with Gasteiger partial charge in [-0.2, -0.15) is 5.26 Å². The molecule has 1 aliphatic rings. The van der Waals surface area contributed by atoms with Crippen molar-refractivity contribution in [2.45, 2.75) is 44.5 Å². The molecule has 0 aliphatic heterocycles. The molecule has 0 bridgehead atoms. The quantitative estimate of drug-likeness (QED) is 0.837. The molecule has 0 heterocycles. The van der Waals surface area contributed by atoms with Crippen LogP contribution < -0.4 is 10.1 Å². The van der Waals surface area contributed by atoms with E-state index in [1.54, 1.807) is 12.1 Å². The minimum atomic E-state index is -4.73. The van der Waals surface area contributed by atoms with Gasteiger partial charge in [0.25, 0.3) is 0 Å². The molecule has 114 valence electrons. The lowest BCUT2D eigenvalue weighted by molar-refractivity contribution is -0.274. The van der Waals surface area contributed by atoms with Crippen LogP contribution in [0.25, 0.3) is 0 Å². The lowest BCUT2D eigenvalue weighted by Gasteiger charge is -2.23. The SMILES string of the molecule is N#CC1CCCCCC1Nc1ccccc1OC(F)(F)F. The van der Waals surface area contributed by atoms with Gasteiger partial charge in [-0.25, -0.2) is 0 Å². The summed E-state index contributed by atoms with van der Waals surface area (Å²) in [6.45, 7) is 0. The molecule has 0 amide bonds. The van der Waals surface area contributed by atoms with Crippen LogP contribution in [0, 0.1) is 17.2 Å². The van der Waals surface area contributed by atoms with Crippen LogP contribution in [0.2, 0.25) is 0 Å². The molecule has 0 saturated heterocycles. The third-order valence-electron chi connectivity index (χ3n) is 3.64. The number of hydrogen-bond acceptors (Lipinski definition) is 3. The molecule has 1 aromatic rings. The fraction of sp³-hybridized carbons (Fsp3) is 0.533. The van der Waals surface area contributed by atoms with Crippen molar-refractivity contribution in [3.8, 4) is 11.8 Å². The van der Waals surface area contributed by atoms with Gasteiger partial charge in [0, 0.05) is 6.04 Å². The number of anilines is 1. The van der Waals surface area contributed by atoms with Gasteiger partial charge >= 0.3 is 6.36 Å². The number of rotatable bonds is 3. The Morgan fingerprint density at radius 3 is 2.57 bits per heavy atom. The highest BCUT2D eigenvalue weighted by Crippen LogP contribution is 2.33. The van der Waals surface area contributed by atoms with Crippen LogP contribution in [0.3, 0.4) is 0 Å². The maximum absolute atomic E-state index is 12.4. The van der Waals surface area contributed by atoms with Crippen LogP contribution in [0.4, 0.5) is 18.9 Å². The molecule has 0 radical (unpaired) electrons. The molecule has 1 N–H and O–H groups in total. The zero-order chi connectivity index (χ0) is 15.3. The minimum Gasteiger partial charge on any atom is -0.404 e. The van der Waals surface area contributed by atoms with Crippen LogP contribution in [0.5, 0.6) is 5.75 Å². The number of benzene rings is 1. The zero-order valence-electron chi connectivity index (χ0n) is 11.5. The van der Waals surface area contributed by atoms with Crippen LogP contribution in [-0.4, -0.2) is 12.4 Å². The van der Waals surface area contributed by atoms with Crippen molar-refractivity contribution in [3.05, 3.63) is 24.3 Å². The Bertz CT molecular complexity index is 510. The van der Waals surface area contributed by atoms with Gasteiger partial charge in [-0.15, -0.1) is 13.2 Å². The Morgan fingerprint density at radius 1 is 1.14 bits per heavy atom. The molecule has 1 aromatic carbocycles. The largest absolute Gasteiger partial charge is 0.573 e. The van der Waals surface area contributed by atoms with E-state index in [0.29, 0.717) is 0 Å². The Morgan fingerprint density at radius 2 is 1.86 bits per heavy atom. The summed E-state index contributed by atoms with van der Waals surface area (Å²) in [7, 11) is 0. The summed E-state index contributed by atoms with van der Waals surface area (Å²) in [5.41, 5.74) is 0.280. The molecule has 1 aliphatic carbocycles. The summed E-state index contributed by atoms with van der Waals surface area (Å²) in [6, 6.07) is 8.06. The van der Waals surface area contributed by atoms with Crippen molar-refractivity contribution in [1.29, 1.82) is 5.26 Å². The third-order valence-corrected chi connectivity index (χ3v) is 3.64. The zero-order valence-corrected chi connectivity index (χ0v) is 11.5. The first-order valence-corrected chi connectivity index (χ1v) is 7.00. The predicted molar refractivity (Wildman–Crippen MR) is 72.7 cm³/mol. The average molecular weight is 298 g/mol. The molecule has 1 fully saturated rings. The number of halogens is 3. The molecular weight excluding hydrogens is 281 g/mol. The fourth-order valence-corrected chi connectivity index (χ4v) is 2.63. The minimum absolute atomic E-state index is 0.143. The van der Waals surface area contributed by atoms with Crippen LogP contribution in [-0.2, 0) is 0 Å². The van der Waals surface area contributed by atoms with Crippen molar-refractivity contribution in [2.24, 2.45) is 5.92 Å². The second-order valence-corrected chi connectivity index (χ2v) is 5.17. The number of para-hydroxylation sites is 2. The van der Waals surface area contributed by atoms with Crippen molar-refractivity contribution < 1.29 is 17.9 Å². The van der Waals surface area contributed by atoms with Gasteiger partial charge in [0.1, 0.15) is 0 Å². The molecular formula is C15H17F3N2O. The van der Waals surface area contributed by atoms with Crippen molar-refractivity contribution in [2.75, 3.05) is 5.32 Å². The van der Waals surface area contributed by atoms with Crippen molar-refractivity contribution in [1.82, 2.24) is 0 Å². The molecule has 6 heteroatoms. The smallest absolute Gasteiger partial charge is 0.404 e. The molecule has 2 atom stereocenters. The number of hydrogen-bond donors (Lipinski definition) is 1. The highest BCUT2D eigenvalue weighted by molar-refractivity contribution is 5.57. The van der Waals surface area contributed by atoms with E-state index in [0.717, 1.165) is 32.1 Å². The standard InChI is InChI=1S/C15H17F3N2O/c16-15(17,18)21-14-9-5-4-8-13(14)20-12-7-3-1-2-6-11(12)10-19/h4-5,8-9,11-12,20H,1-3,6-7H2. The van der Waals surface area contributed by atoms with Gasteiger partial charge in [-0.1, -0.05) is 31.4 Å². The molecule has 0 spiro atoms. The van der Waals surface area contributed by atoms with Crippen molar-refractivity contribution in [3.63, 3.8) is 0 Å². The first kappa shape index (κ1) is 15.5. The van der Waals surface area contributed by atoms with Gasteiger partial charge in [-0.05, 0) is 25.0 Å². The van der Waals surface area contributed by atoms with Gasteiger partial charge < -0.3 is 10.1 Å². The van der Waals surface area contributed by atoms with Gasteiger partial charge in [0.15, 0.2) is 5.75 Å². The predicted octanol–water partition coefficient (Wildman–Crippen LogP) is 4.47. The summed E-state index contributed by atoms with van der Waals surface area (Å²) < 4.78 is 41.2. The maximum Gasteiger partial charge on any atom is 0.573 e. The highest BCUT2D eigenvalue weighted by Gasteiger charge is 2.32. The van der Waals surface area contributed by atoms with E-state index in [9.17, 15) is 18.4 Å². The molecule has 2 unspecified atom stereocenters. The summed E-state index contributed by atoms with van der Waals surface area (Å²) in [4.78, 5) is 0. The topological polar surface area (TPSA) is 45.0 Å². The summed E-state index contributed by atoms with van der Waals surface area (Å²) in [5, 5.41) is 12.3. The normalized spacial score (nSPS) is 23.0. The van der Waals surface area contributed by atoms with E-state index < -0.39 is 6.36 Å². The highest BCUT2D eigenvalue weighted by atomic mass is 19.4. The van der Waals surface area contributed by atoms with E-state index in [2.05, 4.69) is 16.1 Å². The number of alkyl halides is 3. The number of nitrogens with one attached hydrogen (secondary N) is 1. The lowest BCUT2D eigenvalue weighted by atomic mass is 9.96. The first-order valence-electron chi connectivity index (χ1n) is 7.00. The second-order valence-electron chi connectivity index (χ2n) is 5.17. The first-order chi connectivity index (χ1) is 9.99. The monoisotopic (exact) mass is 298 g/mol. The number of nitriles is 1. The average Bonchev–Trinajstić information content (AvgIpc) is 2.64. The van der Waals surface area contributed by atoms with Crippen LogP contribution in [0.1, 0.15) is 32.1 Å². The molecule has 21 heavy (non-hydrogen) atoms. The van der Waals surface area contributed by atoms with Gasteiger partial charge in [0.2, 0.25) is 0 Å². The lowest BCUT2D eigenvalue weighted by Crippen LogP contribution is -2.28. The van der Waals surface area contributed by atoms with Gasteiger partial charge in [0.05, 0.1) is 17.7 Å². The Labute approximate surface area is 121 Å². The summed E-state index contributed by atoms with van der Waals surface area (Å²) in [5.74, 6) is -0.447. The summed E-state index contributed by atoms with van der Waals surface area (Å²) >= 11 is 0. The van der Waals surface area contributed by atoms with Crippen LogP contribution >= 0.6 is 0 Å². The van der Waals surface area contributed by atoms with E-state index in [4.69, 9.17) is 0 Å². The van der Waals surface area contributed by atoms with Gasteiger partial charge in [-0.3, -0.25) is 0 Å². The van der Waals surface area contributed by atoms with E-state index in [-0.39, 0.29) is 23.4 Å². The Kier molecular flexibility index (Phi) is 4.94. The molecule has 2 rings (SSSR count). The molecule has 0 aromatic heterocycles. The fourth-order valence-electron chi connectivity index (χ4n) is 2.63. The number of ether oxygens (including phenoxy) is 1. The third kappa shape index (κ3) is 4.55. The summed E-state index contributed by atoms with van der Waals surface area (Å²) in [6.07, 6.45) is -0.169. The molecule has 1 saturated carbocycles. The maximum atomic E-state index is 12.4. The van der Waals surface area contributed by atoms with E-state index in [1.807, 2.05) is 0 Å². The van der Waals surface area contributed by atoms with E-state index in [1.165, 1.54) is 12.1 Å². The van der Waals surface area contributed by atoms with E-state index >= 15 is 0 Å². The molecule has 3 nitrogen and oxygen atoms in total. The Hall–Kier alpha value is -1.90.